The number of aliphatic hydroxyl groups excluding tert-OH is 1. The number of benzene rings is 3. The van der Waals surface area contributed by atoms with Crippen LogP contribution in [0.5, 0.6) is 0 Å². The largest absolute Gasteiger partial charge is 0.445 e. The maximum atomic E-state index is 12.5. The molecule has 3 aromatic carbocycles. The molecule has 4 aromatic rings. The van der Waals surface area contributed by atoms with E-state index in [0.717, 1.165) is 11.1 Å². The summed E-state index contributed by atoms with van der Waals surface area (Å²) in [4.78, 5) is 27.2. The van der Waals surface area contributed by atoms with Crippen LogP contribution in [0.4, 0.5) is 10.5 Å². The van der Waals surface area contributed by atoms with E-state index in [1.54, 1.807) is 0 Å². The van der Waals surface area contributed by atoms with E-state index >= 15 is 0 Å². The fourth-order valence-corrected chi connectivity index (χ4v) is 3.37. The van der Waals surface area contributed by atoms with Gasteiger partial charge in [-0.05, 0) is 23.6 Å². The molecule has 33 heavy (non-hydrogen) atoms. The van der Waals surface area contributed by atoms with Crippen LogP contribution in [0.2, 0.25) is 0 Å². The molecule has 1 heterocycles. The highest BCUT2D eigenvalue weighted by Gasteiger charge is 2.28. The second-order valence-electron chi connectivity index (χ2n) is 7.41. The minimum absolute atomic E-state index is 0.0604. The summed E-state index contributed by atoms with van der Waals surface area (Å²) in [6.45, 7) is 0.0768. The topological polar surface area (TPSA) is 128 Å². The van der Waals surface area contributed by atoms with E-state index in [1.807, 2.05) is 60.7 Å². The van der Waals surface area contributed by atoms with Crippen LogP contribution in [0.3, 0.4) is 0 Å². The highest BCUT2D eigenvalue weighted by atomic mass is 16.6. The number of nitro benzene ring substituents is 1. The molecule has 2 unspecified atom stereocenters. The number of nitro groups is 1. The molecule has 1 amide bonds. The molecule has 2 N–H and O–H groups in total. The second kappa shape index (κ2) is 9.92. The van der Waals surface area contributed by atoms with E-state index in [0.29, 0.717) is 5.58 Å². The number of carbonyl (C=O) groups is 1. The van der Waals surface area contributed by atoms with Crippen LogP contribution >= 0.6 is 0 Å². The average molecular weight is 447 g/mol. The maximum Gasteiger partial charge on any atom is 0.407 e. The zero-order valence-corrected chi connectivity index (χ0v) is 17.5. The number of hydrogen-bond acceptors (Lipinski definition) is 7. The Morgan fingerprint density at radius 1 is 1.06 bits per heavy atom. The predicted octanol–water partition coefficient (Wildman–Crippen LogP) is 4.31. The van der Waals surface area contributed by atoms with Crippen molar-refractivity contribution in [2.24, 2.45) is 0 Å². The number of aromatic nitrogens is 1. The first-order chi connectivity index (χ1) is 16.0. The zero-order chi connectivity index (χ0) is 23.2. The summed E-state index contributed by atoms with van der Waals surface area (Å²) in [5.41, 5.74) is 2.09. The quantitative estimate of drug-likeness (QED) is 0.304. The molecule has 2 atom stereocenters. The summed E-state index contributed by atoms with van der Waals surface area (Å²) >= 11 is 0. The molecule has 0 aliphatic carbocycles. The Morgan fingerprint density at radius 2 is 1.73 bits per heavy atom. The first-order valence-corrected chi connectivity index (χ1v) is 10.2. The van der Waals surface area contributed by atoms with Crippen molar-refractivity contribution in [3.63, 3.8) is 0 Å². The van der Waals surface area contributed by atoms with Crippen LogP contribution in [-0.4, -0.2) is 27.1 Å². The standard InChI is InChI=1S/C24H21N3O6/c28-22(23-25-19-14-18(27(30)31)11-12-21(19)33-23)20(13-16-7-3-1-4-8-16)26-24(29)32-15-17-9-5-2-6-10-17/h1-12,14,20,22,28H,13,15H2,(H,26,29). The summed E-state index contributed by atoms with van der Waals surface area (Å²) in [6.07, 6.45) is -1.74. The van der Waals surface area contributed by atoms with Gasteiger partial charge in [0.2, 0.25) is 5.89 Å². The highest BCUT2D eigenvalue weighted by molar-refractivity contribution is 5.75. The Morgan fingerprint density at radius 3 is 2.39 bits per heavy atom. The minimum atomic E-state index is -1.32. The molecular formula is C24H21N3O6. The van der Waals surface area contributed by atoms with Gasteiger partial charge < -0.3 is 19.6 Å². The van der Waals surface area contributed by atoms with Gasteiger partial charge in [-0.3, -0.25) is 10.1 Å². The number of alkyl carbamates (subject to hydrolysis) is 1. The Labute approximate surface area is 188 Å². The maximum absolute atomic E-state index is 12.5. The third-order valence-corrected chi connectivity index (χ3v) is 5.05. The van der Waals surface area contributed by atoms with Crippen LogP contribution in [0.15, 0.2) is 83.3 Å². The molecule has 0 fully saturated rings. The molecule has 9 nitrogen and oxygen atoms in total. The minimum Gasteiger partial charge on any atom is -0.445 e. The fourth-order valence-electron chi connectivity index (χ4n) is 3.37. The number of hydrogen-bond donors (Lipinski definition) is 2. The van der Waals surface area contributed by atoms with Gasteiger partial charge >= 0.3 is 6.09 Å². The Hall–Kier alpha value is -4.24. The lowest BCUT2D eigenvalue weighted by molar-refractivity contribution is -0.384. The molecule has 0 aliphatic heterocycles. The molecule has 4 rings (SSSR count). The van der Waals surface area contributed by atoms with Crippen LogP contribution in [-0.2, 0) is 17.8 Å². The number of rotatable bonds is 8. The summed E-state index contributed by atoms with van der Waals surface area (Å²) in [7, 11) is 0. The molecule has 0 spiro atoms. The van der Waals surface area contributed by atoms with Gasteiger partial charge in [-0.2, -0.15) is 0 Å². The van der Waals surface area contributed by atoms with Crippen molar-refractivity contribution in [2.75, 3.05) is 0 Å². The highest BCUT2D eigenvalue weighted by Crippen LogP contribution is 2.26. The monoisotopic (exact) mass is 447 g/mol. The number of nitrogens with one attached hydrogen (secondary N) is 1. The number of non-ortho nitro benzene ring substituents is 1. The lowest BCUT2D eigenvalue weighted by Crippen LogP contribution is -2.41. The molecule has 0 saturated carbocycles. The molecule has 168 valence electrons. The van der Waals surface area contributed by atoms with E-state index < -0.39 is 23.2 Å². The van der Waals surface area contributed by atoms with Crippen molar-refractivity contribution in [1.82, 2.24) is 10.3 Å². The summed E-state index contributed by atoms with van der Waals surface area (Å²) in [5, 5.41) is 24.7. The average Bonchev–Trinajstić information content (AvgIpc) is 3.26. The number of carbonyl (C=O) groups excluding carboxylic acids is 1. The first kappa shape index (κ1) is 22.0. The van der Waals surface area contributed by atoms with Crippen LogP contribution < -0.4 is 5.32 Å². The van der Waals surface area contributed by atoms with Crippen molar-refractivity contribution < 1.29 is 24.0 Å². The summed E-state index contributed by atoms with van der Waals surface area (Å²) < 4.78 is 10.9. The smallest absolute Gasteiger partial charge is 0.407 e. The predicted molar refractivity (Wildman–Crippen MR) is 119 cm³/mol. The molecule has 0 bridgehead atoms. The van der Waals surface area contributed by atoms with Crippen LogP contribution in [0.1, 0.15) is 23.1 Å². The summed E-state index contributed by atoms with van der Waals surface area (Å²) in [6, 6.07) is 21.7. The molecular weight excluding hydrogens is 426 g/mol. The number of fused-ring (bicyclic) bond motifs is 1. The lowest BCUT2D eigenvalue weighted by Gasteiger charge is -2.22. The van der Waals surface area contributed by atoms with Gasteiger partial charge in [0.15, 0.2) is 11.7 Å². The third kappa shape index (κ3) is 5.52. The first-order valence-electron chi connectivity index (χ1n) is 10.2. The number of aliphatic hydroxyl groups is 1. The SMILES string of the molecule is O=C(NC(Cc1ccccc1)C(O)c1nc2cc([N+](=O)[O-])ccc2o1)OCc1ccccc1. The van der Waals surface area contributed by atoms with Crippen LogP contribution in [0.25, 0.3) is 11.1 Å². The van der Waals surface area contributed by atoms with Gasteiger partial charge in [0.05, 0.1) is 11.0 Å². The number of amides is 1. The van der Waals surface area contributed by atoms with E-state index in [2.05, 4.69) is 10.3 Å². The molecule has 0 radical (unpaired) electrons. The van der Waals surface area contributed by atoms with Crippen molar-refractivity contribution in [3.8, 4) is 0 Å². The van der Waals surface area contributed by atoms with E-state index in [-0.39, 0.29) is 30.1 Å². The van der Waals surface area contributed by atoms with Crippen molar-refractivity contribution in [3.05, 3.63) is 106 Å². The summed E-state index contributed by atoms with van der Waals surface area (Å²) in [5.74, 6) is -0.0604. The molecule has 9 heteroatoms. The van der Waals surface area contributed by atoms with Gasteiger partial charge in [0, 0.05) is 12.1 Å². The fraction of sp³-hybridized carbons (Fsp3) is 0.167. The van der Waals surface area contributed by atoms with Crippen LogP contribution in [0, 0.1) is 10.1 Å². The normalized spacial score (nSPS) is 12.8. The van der Waals surface area contributed by atoms with Gasteiger partial charge in [-0.25, -0.2) is 9.78 Å². The van der Waals surface area contributed by atoms with Gasteiger partial charge in [0.25, 0.3) is 5.69 Å². The van der Waals surface area contributed by atoms with E-state index in [1.165, 1.54) is 18.2 Å². The van der Waals surface area contributed by atoms with Gasteiger partial charge in [-0.15, -0.1) is 0 Å². The van der Waals surface area contributed by atoms with Crippen molar-refractivity contribution in [2.45, 2.75) is 25.2 Å². The van der Waals surface area contributed by atoms with E-state index in [9.17, 15) is 20.0 Å². The Balaban J connectivity index is 1.53. The third-order valence-electron chi connectivity index (χ3n) is 5.05. The van der Waals surface area contributed by atoms with E-state index in [4.69, 9.17) is 9.15 Å². The molecule has 0 aliphatic rings. The Bertz CT molecular complexity index is 1240. The lowest BCUT2D eigenvalue weighted by atomic mass is 10.0. The number of nitrogens with zero attached hydrogens (tertiary/aromatic N) is 2. The Kier molecular flexibility index (Phi) is 6.61. The second-order valence-corrected chi connectivity index (χ2v) is 7.41. The molecule has 0 saturated heterocycles. The van der Waals surface area contributed by atoms with Gasteiger partial charge in [-0.1, -0.05) is 60.7 Å². The van der Waals surface area contributed by atoms with Crippen molar-refractivity contribution >= 4 is 22.9 Å². The number of oxazole rings is 1. The zero-order valence-electron chi connectivity index (χ0n) is 17.5. The van der Waals surface area contributed by atoms with Gasteiger partial charge in [0.1, 0.15) is 12.1 Å². The van der Waals surface area contributed by atoms with Crippen molar-refractivity contribution in [1.29, 1.82) is 0 Å². The number of ether oxygens (including phenoxy) is 1. The molecule has 1 aromatic heterocycles.